The van der Waals surface area contributed by atoms with Crippen LogP contribution in [0.1, 0.15) is 5.69 Å². The Bertz CT molecular complexity index is 542. The van der Waals surface area contributed by atoms with Crippen molar-refractivity contribution < 1.29 is 0 Å². The summed E-state index contributed by atoms with van der Waals surface area (Å²) in [4.78, 5) is 15.7. The van der Waals surface area contributed by atoms with Gasteiger partial charge < -0.3 is 5.32 Å². The summed E-state index contributed by atoms with van der Waals surface area (Å²) in [6.07, 6.45) is 3.19. The molecule has 0 fully saturated rings. The molecule has 0 saturated carbocycles. The monoisotopic (exact) mass is 219 g/mol. The van der Waals surface area contributed by atoms with Gasteiger partial charge in [-0.3, -0.25) is 9.55 Å². The number of anilines is 1. The van der Waals surface area contributed by atoms with Gasteiger partial charge in [0.25, 0.3) is 0 Å². The van der Waals surface area contributed by atoms with E-state index in [0.29, 0.717) is 6.54 Å². The van der Waals surface area contributed by atoms with Crippen molar-refractivity contribution in [3.05, 3.63) is 40.8 Å². The maximum Gasteiger partial charge on any atom is 0.345 e. The quantitative estimate of drug-likeness (QED) is 0.793. The van der Waals surface area contributed by atoms with Gasteiger partial charge >= 0.3 is 5.69 Å². The fourth-order valence-electron chi connectivity index (χ4n) is 1.40. The molecule has 0 unspecified atom stereocenters. The molecule has 84 valence electrons. The fourth-order valence-corrected chi connectivity index (χ4v) is 1.40. The molecule has 0 atom stereocenters. The van der Waals surface area contributed by atoms with Crippen molar-refractivity contribution in [2.45, 2.75) is 6.54 Å². The van der Waals surface area contributed by atoms with Gasteiger partial charge in [-0.15, -0.1) is 0 Å². The second-order valence-corrected chi connectivity index (χ2v) is 3.47. The van der Waals surface area contributed by atoms with Crippen molar-refractivity contribution in [3.63, 3.8) is 0 Å². The Hall–Kier alpha value is -2.11. The SMILES string of the molecule is CNc1ccnc(Cn2ncn(C)c2=O)c1. The molecule has 16 heavy (non-hydrogen) atoms. The number of aromatic nitrogens is 4. The molecule has 0 radical (unpaired) electrons. The first-order valence-electron chi connectivity index (χ1n) is 4.92. The first kappa shape index (κ1) is 10.4. The smallest absolute Gasteiger partial charge is 0.345 e. The molecule has 2 heterocycles. The van der Waals surface area contributed by atoms with Crippen molar-refractivity contribution in [3.8, 4) is 0 Å². The number of nitrogens with zero attached hydrogens (tertiary/aromatic N) is 4. The van der Waals surface area contributed by atoms with Crippen LogP contribution in [0.5, 0.6) is 0 Å². The minimum absolute atomic E-state index is 0.142. The van der Waals surface area contributed by atoms with Crippen molar-refractivity contribution in [2.75, 3.05) is 12.4 Å². The first-order valence-corrected chi connectivity index (χ1v) is 4.92. The van der Waals surface area contributed by atoms with Crippen LogP contribution in [0, 0.1) is 0 Å². The zero-order valence-corrected chi connectivity index (χ0v) is 9.21. The normalized spacial score (nSPS) is 10.4. The molecule has 0 spiro atoms. The van der Waals surface area contributed by atoms with E-state index in [0.717, 1.165) is 11.4 Å². The molecule has 2 aromatic heterocycles. The van der Waals surface area contributed by atoms with Crippen LogP contribution in [0.25, 0.3) is 0 Å². The lowest BCUT2D eigenvalue weighted by atomic mass is 10.3. The van der Waals surface area contributed by atoms with E-state index in [1.54, 1.807) is 13.2 Å². The van der Waals surface area contributed by atoms with Gasteiger partial charge in [-0.05, 0) is 12.1 Å². The Kier molecular flexibility index (Phi) is 2.72. The fraction of sp³-hybridized carbons (Fsp3) is 0.300. The molecule has 0 aliphatic rings. The number of aryl methyl sites for hydroxylation is 1. The Morgan fingerprint density at radius 1 is 1.50 bits per heavy atom. The van der Waals surface area contributed by atoms with Crippen molar-refractivity contribution >= 4 is 5.69 Å². The lowest BCUT2D eigenvalue weighted by Gasteiger charge is -2.03. The first-order chi connectivity index (χ1) is 7.70. The van der Waals surface area contributed by atoms with Crippen LogP contribution in [0.4, 0.5) is 5.69 Å². The van der Waals surface area contributed by atoms with E-state index in [2.05, 4.69) is 15.4 Å². The molecule has 0 amide bonds. The van der Waals surface area contributed by atoms with Gasteiger partial charge in [0.05, 0.1) is 12.2 Å². The molecular formula is C10H13N5O. The van der Waals surface area contributed by atoms with Gasteiger partial charge in [-0.1, -0.05) is 0 Å². The largest absolute Gasteiger partial charge is 0.388 e. The van der Waals surface area contributed by atoms with E-state index in [1.807, 2.05) is 19.2 Å². The van der Waals surface area contributed by atoms with Gasteiger partial charge in [0, 0.05) is 26.0 Å². The molecule has 0 aliphatic carbocycles. The topological polar surface area (TPSA) is 64.7 Å². The third-order valence-electron chi connectivity index (χ3n) is 2.30. The maximum atomic E-state index is 11.5. The van der Waals surface area contributed by atoms with Crippen molar-refractivity contribution in [2.24, 2.45) is 7.05 Å². The highest BCUT2D eigenvalue weighted by Gasteiger charge is 2.03. The summed E-state index contributed by atoms with van der Waals surface area (Å²) in [6.45, 7) is 0.384. The predicted molar refractivity (Wildman–Crippen MR) is 60.4 cm³/mol. The third kappa shape index (κ3) is 1.95. The van der Waals surface area contributed by atoms with Crippen LogP contribution in [-0.2, 0) is 13.6 Å². The molecule has 6 heteroatoms. The summed E-state index contributed by atoms with van der Waals surface area (Å²) >= 11 is 0. The van der Waals surface area contributed by atoms with Crippen LogP contribution in [0.15, 0.2) is 29.5 Å². The maximum absolute atomic E-state index is 11.5. The minimum Gasteiger partial charge on any atom is -0.388 e. The molecule has 2 aromatic rings. The van der Waals surface area contributed by atoms with Crippen LogP contribution >= 0.6 is 0 Å². The number of nitrogens with one attached hydrogen (secondary N) is 1. The second kappa shape index (κ2) is 4.18. The Balaban J connectivity index is 2.27. The number of hydrogen-bond donors (Lipinski definition) is 1. The highest BCUT2D eigenvalue weighted by atomic mass is 16.2. The molecule has 0 saturated heterocycles. The lowest BCUT2D eigenvalue weighted by molar-refractivity contribution is 0.635. The van der Waals surface area contributed by atoms with Crippen LogP contribution < -0.4 is 11.0 Å². The zero-order valence-electron chi connectivity index (χ0n) is 9.21. The highest BCUT2D eigenvalue weighted by Crippen LogP contribution is 2.06. The Morgan fingerprint density at radius 3 is 2.94 bits per heavy atom. The Labute approximate surface area is 92.6 Å². The molecular weight excluding hydrogens is 206 g/mol. The summed E-state index contributed by atoms with van der Waals surface area (Å²) in [6, 6.07) is 3.76. The molecule has 1 N–H and O–H groups in total. The molecule has 0 aromatic carbocycles. The molecule has 0 aliphatic heterocycles. The third-order valence-corrected chi connectivity index (χ3v) is 2.30. The average Bonchev–Trinajstić information content (AvgIpc) is 2.61. The van der Waals surface area contributed by atoms with E-state index in [-0.39, 0.29) is 5.69 Å². The predicted octanol–water partition coefficient (Wildman–Crippen LogP) is 0.0668. The van der Waals surface area contributed by atoms with Gasteiger partial charge in [-0.25, -0.2) is 9.48 Å². The number of rotatable bonds is 3. The second-order valence-electron chi connectivity index (χ2n) is 3.47. The summed E-state index contributed by atoms with van der Waals surface area (Å²) in [5, 5.41) is 6.99. The number of pyridine rings is 1. The van der Waals surface area contributed by atoms with Crippen molar-refractivity contribution in [1.82, 2.24) is 19.3 Å². The minimum atomic E-state index is -0.142. The standard InChI is InChI=1S/C10H13N5O/c1-11-8-3-4-12-9(5-8)6-15-10(16)14(2)7-13-15/h3-5,7H,6H2,1-2H3,(H,11,12). The van der Waals surface area contributed by atoms with E-state index in [4.69, 9.17) is 0 Å². The summed E-state index contributed by atoms with van der Waals surface area (Å²) in [5.74, 6) is 0. The van der Waals surface area contributed by atoms with Crippen molar-refractivity contribution in [1.29, 1.82) is 0 Å². The van der Waals surface area contributed by atoms with Gasteiger partial charge in [0.2, 0.25) is 0 Å². The van der Waals surface area contributed by atoms with E-state index >= 15 is 0 Å². The zero-order chi connectivity index (χ0) is 11.5. The summed E-state index contributed by atoms with van der Waals surface area (Å²) in [5.41, 5.74) is 1.62. The molecule has 6 nitrogen and oxygen atoms in total. The van der Waals surface area contributed by atoms with Gasteiger partial charge in [0.15, 0.2) is 0 Å². The summed E-state index contributed by atoms with van der Waals surface area (Å²) in [7, 11) is 3.51. The molecule has 2 rings (SSSR count). The van der Waals surface area contributed by atoms with Gasteiger partial charge in [-0.2, -0.15) is 5.10 Å². The Morgan fingerprint density at radius 2 is 2.31 bits per heavy atom. The highest BCUT2D eigenvalue weighted by molar-refractivity contribution is 5.42. The van der Waals surface area contributed by atoms with Gasteiger partial charge in [0.1, 0.15) is 6.33 Å². The average molecular weight is 219 g/mol. The van der Waals surface area contributed by atoms with Crippen LogP contribution in [-0.4, -0.2) is 26.4 Å². The van der Waals surface area contributed by atoms with Crippen LogP contribution in [0.3, 0.4) is 0 Å². The summed E-state index contributed by atoms with van der Waals surface area (Å²) < 4.78 is 2.81. The van der Waals surface area contributed by atoms with E-state index < -0.39 is 0 Å². The van der Waals surface area contributed by atoms with E-state index in [1.165, 1.54) is 15.6 Å². The number of hydrogen-bond acceptors (Lipinski definition) is 4. The van der Waals surface area contributed by atoms with Crippen LogP contribution in [0.2, 0.25) is 0 Å². The van der Waals surface area contributed by atoms with E-state index in [9.17, 15) is 4.79 Å². The lowest BCUT2D eigenvalue weighted by Crippen LogP contribution is -2.23. The molecule has 0 bridgehead atoms.